The molecule has 0 radical (unpaired) electrons. The van der Waals surface area contributed by atoms with Gasteiger partial charge in [-0.1, -0.05) is 53.8 Å². The fourth-order valence-corrected chi connectivity index (χ4v) is 2.57. The average Bonchev–Trinajstić information content (AvgIpc) is 2.82. The van der Waals surface area contributed by atoms with E-state index in [0.717, 1.165) is 16.7 Å². The van der Waals surface area contributed by atoms with Crippen molar-refractivity contribution in [2.24, 2.45) is 0 Å². The van der Waals surface area contributed by atoms with E-state index in [0.29, 0.717) is 0 Å². The molecule has 0 aliphatic carbocycles. The molecule has 0 saturated heterocycles. The predicted octanol–water partition coefficient (Wildman–Crippen LogP) is 3.61. The quantitative estimate of drug-likeness (QED) is 0.777. The molecule has 0 bridgehead atoms. The summed E-state index contributed by atoms with van der Waals surface area (Å²) >= 11 is 1.58. The lowest BCUT2D eigenvalue weighted by Crippen LogP contribution is -1.99. The molecule has 4 heteroatoms. The maximum atomic E-state index is 4.07. The SMILES string of the molecule is Cc1nnc(NCc2cccc3ccccc23)s1. The molecule has 3 aromatic rings. The lowest BCUT2D eigenvalue weighted by atomic mass is 10.0. The highest BCUT2D eigenvalue weighted by Crippen LogP contribution is 2.20. The van der Waals surface area contributed by atoms with Crippen LogP contribution in [0.25, 0.3) is 10.8 Å². The summed E-state index contributed by atoms with van der Waals surface area (Å²) < 4.78 is 0. The molecule has 0 aliphatic rings. The fraction of sp³-hybridized carbons (Fsp3) is 0.143. The topological polar surface area (TPSA) is 37.8 Å². The van der Waals surface area contributed by atoms with Crippen molar-refractivity contribution in [2.45, 2.75) is 13.5 Å². The van der Waals surface area contributed by atoms with Crippen LogP contribution in [0.2, 0.25) is 0 Å². The Hall–Kier alpha value is -1.94. The van der Waals surface area contributed by atoms with Gasteiger partial charge in [-0.05, 0) is 23.3 Å². The maximum absolute atomic E-state index is 4.07. The van der Waals surface area contributed by atoms with E-state index in [1.54, 1.807) is 11.3 Å². The molecule has 0 fully saturated rings. The highest BCUT2D eigenvalue weighted by atomic mass is 32.1. The van der Waals surface area contributed by atoms with Crippen LogP contribution in [-0.2, 0) is 6.54 Å². The number of aromatic nitrogens is 2. The van der Waals surface area contributed by atoms with Crippen molar-refractivity contribution in [3.63, 3.8) is 0 Å². The largest absolute Gasteiger partial charge is 0.356 e. The zero-order valence-electron chi connectivity index (χ0n) is 10.1. The molecule has 1 heterocycles. The van der Waals surface area contributed by atoms with E-state index >= 15 is 0 Å². The van der Waals surface area contributed by atoms with Crippen LogP contribution in [0.3, 0.4) is 0 Å². The van der Waals surface area contributed by atoms with Gasteiger partial charge in [0.2, 0.25) is 5.13 Å². The van der Waals surface area contributed by atoms with Gasteiger partial charge in [-0.25, -0.2) is 0 Å². The first-order valence-electron chi connectivity index (χ1n) is 5.83. The molecular formula is C14H13N3S. The minimum atomic E-state index is 0.774. The molecule has 0 atom stereocenters. The van der Waals surface area contributed by atoms with Gasteiger partial charge in [0, 0.05) is 6.54 Å². The number of hydrogen-bond donors (Lipinski definition) is 1. The zero-order chi connectivity index (χ0) is 12.4. The highest BCUT2D eigenvalue weighted by molar-refractivity contribution is 7.15. The molecule has 2 aromatic carbocycles. The predicted molar refractivity (Wildman–Crippen MR) is 75.9 cm³/mol. The van der Waals surface area contributed by atoms with Crippen molar-refractivity contribution in [2.75, 3.05) is 5.32 Å². The Labute approximate surface area is 109 Å². The van der Waals surface area contributed by atoms with Crippen LogP contribution in [0.15, 0.2) is 42.5 Å². The third kappa shape index (κ3) is 2.19. The van der Waals surface area contributed by atoms with Gasteiger partial charge in [-0.3, -0.25) is 0 Å². The first kappa shape index (κ1) is 11.2. The third-order valence-corrected chi connectivity index (χ3v) is 3.63. The normalized spacial score (nSPS) is 10.7. The summed E-state index contributed by atoms with van der Waals surface area (Å²) in [5, 5.41) is 15.8. The van der Waals surface area contributed by atoms with Gasteiger partial charge < -0.3 is 5.32 Å². The molecule has 1 N–H and O–H groups in total. The zero-order valence-corrected chi connectivity index (χ0v) is 10.9. The second-order valence-electron chi connectivity index (χ2n) is 4.12. The van der Waals surface area contributed by atoms with Crippen molar-refractivity contribution < 1.29 is 0 Å². The summed E-state index contributed by atoms with van der Waals surface area (Å²) in [7, 11) is 0. The van der Waals surface area contributed by atoms with Gasteiger partial charge in [0.25, 0.3) is 0 Å². The van der Waals surface area contributed by atoms with E-state index in [1.165, 1.54) is 16.3 Å². The molecule has 18 heavy (non-hydrogen) atoms. The van der Waals surface area contributed by atoms with Gasteiger partial charge in [0.05, 0.1) is 0 Å². The Kier molecular flexibility index (Phi) is 2.94. The summed E-state index contributed by atoms with van der Waals surface area (Å²) in [5.74, 6) is 0. The van der Waals surface area contributed by atoms with Crippen LogP contribution in [0.1, 0.15) is 10.6 Å². The number of anilines is 1. The first-order chi connectivity index (χ1) is 8.83. The van der Waals surface area contributed by atoms with Gasteiger partial charge in [-0.2, -0.15) is 0 Å². The van der Waals surface area contributed by atoms with E-state index in [-0.39, 0.29) is 0 Å². The monoisotopic (exact) mass is 255 g/mol. The van der Waals surface area contributed by atoms with Gasteiger partial charge in [0.15, 0.2) is 0 Å². The number of fused-ring (bicyclic) bond motifs is 1. The van der Waals surface area contributed by atoms with E-state index in [2.05, 4.69) is 58.0 Å². The summed E-state index contributed by atoms with van der Waals surface area (Å²) in [6.45, 7) is 2.73. The van der Waals surface area contributed by atoms with Crippen molar-refractivity contribution >= 4 is 27.2 Å². The van der Waals surface area contributed by atoms with Crippen molar-refractivity contribution in [3.8, 4) is 0 Å². The smallest absolute Gasteiger partial charge is 0.205 e. The Balaban J connectivity index is 1.86. The van der Waals surface area contributed by atoms with Crippen LogP contribution in [0.5, 0.6) is 0 Å². The number of benzene rings is 2. The second-order valence-corrected chi connectivity index (χ2v) is 5.30. The third-order valence-electron chi connectivity index (χ3n) is 2.84. The van der Waals surface area contributed by atoms with Crippen LogP contribution in [0, 0.1) is 6.92 Å². The number of hydrogen-bond acceptors (Lipinski definition) is 4. The van der Waals surface area contributed by atoms with Crippen LogP contribution < -0.4 is 5.32 Å². The number of aryl methyl sites for hydroxylation is 1. The van der Waals surface area contributed by atoms with Gasteiger partial charge >= 0.3 is 0 Å². The molecule has 1 aromatic heterocycles. The molecular weight excluding hydrogens is 242 g/mol. The van der Waals surface area contributed by atoms with E-state index in [9.17, 15) is 0 Å². The van der Waals surface area contributed by atoms with Crippen molar-refractivity contribution in [1.82, 2.24) is 10.2 Å². The highest BCUT2D eigenvalue weighted by Gasteiger charge is 2.02. The molecule has 90 valence electrons. The first-order valence-corrected chi connectivity index (χ1v) is 6.65. The number of nitrogens with zero attached hydrogens (tertiary/aromatic N) is 2. The van der Waals surface area contributed by atoms with Gasteiger partial charge in [-0.15, -0.1) is 10.2 Å². The van der Waals surface area contributed by atoms with Crippen molar-refractivity contribution in [3.05, 3.63) is 53.0 Å². The van der Waals surface area contributed by atoms with Crippen LogP contribution >= 0.6 is 11.3 Å². The Morgan fingerprint density at radius 2 is 1.89 bits per heavy atom. The minimum absolute atomic E-state index is 0.774. The van der Waals surface area contributed by atoms with Gasteiger partial charge in [0.1, 0.15) is 5.01 Å². The maximum Gasteiger partial charge on any atom is 0.205 e. The average molecular weight is 255 g/mol. The van der Waals surface area contributed by atoms with E-state index < -0.39 is 0 Å². The Bertz CT molecular complexity index is 670. The summed E-state index contributed by atoms with van der Waals surface area (Å²) in [5.41, 5.74) is 1.28. The molecule has 3 rings (SSSR count). The summed E-state index contributed by atoms with van der Waals surface area (Å²) in [6.07, 6.45) is 0. The molecule has 0 saturated carbocycles. The number of rotatable bonds is 3. The lowest BCUT2D eigenvalue weighted by molar-refractivity contribution is 1.03. The molecule has 0 aliphatic heterocycles. The minimum Gasteiger partial charge on any atom is -0.356 e. The summed E-state index contributed by atoms with van der Waals surface area (Å²) in [4.78, 5) is 0. The Morgan fingerprint density at radius 1 is 1.06 bits per heavy atom. The molecule has 0 amide bonds. The van der Waals surface area contributed by atoms with Crippen LogP contribution in [0.4, 0.5) is 5.13 Å². The molecule has 3 nitrogen and oxygen atoms in total. The lowest BCUT2D eigenvalue weighted by Gasteiger charge is -2.06. The molecule has 0 unspecified atom stereocenters. The van der Waals surface area contributed by atoms with E-state index in [4.69, 9.17) is 0 Å². The fourth-order valence-electron chi connectivity index (χ4n) is 1.99. The summed E-state index contributed by atoms with van der Waals surface area (Å²) in [6, 6.07) is 14.8. The Morgan fingerprint density at radius 3 is 2.72 bits per heavy atom. The van der Waals surface area contributed by atoms with Crippen LogP contribution in [-0.4, -0.2) is 10.2 Å². The van der Waals surface area contributed by atoms with Crippen molar-refractivity contribution in [1.29, 1.82) is 0 Å². The number of nitrogens with one attached hydrogen (secondary N) is 1. The standard InChI is InChI=1S/C14H13N3S/c1-10-16-17-14(18-10)15-9-12-7-4-6-11-5-2-3-8-13(11)12/h2-8H,9H2,1H3,(H,15,17). The second kappa shape index (κ2) is 4.74. The molecule has 0 spiro atoms. The van der Waals surface area contributed by atoms with E-state index in [1.807, 2.05) is 6.92 Å².